The molecule has 0 aliphatic heterocycles. The minimum Gasteiger partial charge on any atom is -0.462 e. The first-order valence-electron chi connectivity index (χ1n) is 27.2. The molecule has 0 saturated heterocycles. The lowest BCUT2D eigenvalue weighted by atomic mass is 10.1. The van der Waals surface area contributed by atoms with Crippen molar-refractivity contribution in [3.8, 4) is 0 Å². The first kappa shape index (κ1) is 62.3. The number of hydrogen-bond donors (Lipinski definition) is 0. The molecule has 0 aromatic carbocycles. The number of esters is 3. The maximum absolute atomic E-state index is 12.8. The number of allylic oxidation sites excluding steroid dienone is 16. The molecular weight excluding hydrogens is 817 g/mol. The van der Waals surface area contributed by atoms with Crippen molar-refractivity contribution in [1.82, 2.24) is 0 Å². The molecule has 0 bridgehead atoms. The molecule has 376 valence electrons. The van der Waals surface area contributed by atoms with Crippen LogP contribution < -0.4 is 0 Å². The highest BCUT2D eigenvalue weighted by molar-refractivity contribution is 5.71. The fourth-order valence-corrected chi connectivity index (χ4v) is 7.21. The van der Waals surface area contributed by atoms with E-state index in [-0.39, 0.29) is 37.5 Å². The zero-order chi connectivity index (χ0) is 47.9. The molecule has 0 saturated carbocycles. The Labute approximate surface area is 407 Å². The van der Waals surface area contributed by atoms with Gasteiger partial charge in [-0.05, 0) is 103 Å². The van der Waals surface area contributed by atoms with E-state index in [0.29, 0.717) is 19.3 Å². The largest absolute Gasteiger partial charge is 0.462 e. The third-order valence-corrected chi connectivity index (χ3v) is 11.3. The van der Waals surface area contributed by atoms with Crippen LogP contribution in [0.25, 0.3) is 0 Å². The average molecular weight is 917 g/mol. The van der Waals surface area contributed by atoms with Crippen LogP contribution in [0.4, 0.5) is 0 Å². The van der Waals surface area contributed by atoms with E-state index < -0.39 is 6.10 Å². The summed E-state index contributed by atoms with van der Waals surface area (Å²) in [7, 11) is 0. The quantitative estimate of drug-likeness (QED) is 0.0262. The van der Waals surface area contributed by atoms with Crippen molar-refractivity contribution in [2.75, 3.05) is 13.2 Å². The van der Waals surface area contributed by atoms with Gasteiger partial charge in [-0.2, -0.15) is 0 Å². The third kappa shape index (κ3) is 51.3. The standard InChI is InChI=1S/C60H100O6/c1-4-7-10-13-16-19-22-25-27-28-29-30-31-32-33-36-38-41-44-47-50-53-59(62)65-56-57(55-64-58(61)52-49-46-43-40-37-34-24-21-18-15-12-9-6-3)66-60(63)54-51-48-45-42-39-35-26-23-20-17-14-11-8-5-2/h9,12,14,17-18,21-23,25-26,28-29,34,37,43,46,57H,4-8,10-11,13,15-16,19-20,24,27,30-33,35-36,38-42,44-45,47-56H2,1-3H3/b12-9-,17-14-,21-18-,25-22-,26-23-,29-28-,37-34-,46-43-. The number of rotatable bonds is 48. The summed E-state index contributed by atoms with van der Waals surface area (Å²) in [6.45, 7) is 6.39. The van der Waals surface area contributed by atoms with Crippen molar-refractivity contribution in [2.24, 2.45) is 0 Å². The third-order valence-electron chi connectivity index (χ3n) is 11.3. The van der Waals surface area contributed by atoms with Gasteiger partial charge in [-0.15, -0.1) is 0 Å². The van der Waals surface area contributed by atoms with Gasteiger partial charge in [0.25, 0.3) is 0 Å². The van der Waals surface area contributed by atoms with E-state index >= 15 is 0 Å². The maximum atomic E-state index is 12.8. The Morgan fingerprint density at radius 3 is 1.06 bits per heavy atom. The monoisotopic (exact) mass is 917 g/mol. The molecule has 0 aliphatic carbocycles. The molecule has 0 aromatic rings. The first-order valence-corrected chi connectivity index (χ1v) is 27.2. The van der Waals surface area contributed by atoms with Crippen LogP contribution in [0.1, 0.15) is 245 Å². The van der Waals surface area contributed by atoms with E-state index in [2.05, 4.69) is 106 Å². The normalized spacial score (nSPS) is 12.8. The number of carbonyl (C=O) groups is 3. The Morgan fingerprint density at radius 1 is 0.318 bits per heavy atom. The minimum atomic E-state index is -0.816. The Balaban J connectivity index is 4.43. The van der Waals surface area contributed by atoms with Gasteiger partial charge in [0, 0.05) is 19.3 Å². The Bertz CT molecular complexity index is 1330. The second kappa shape index (κ2) is 53.9. The van der Waals surface area contributed by atoms with Crippen molar-refractivity contribution >= 4 is 17.9 Å². The SMILES string of the molecule is CC/C=C\C/C=C\C/C=C\C/C=C\CCC(=O)OCC(COC(=O)CCCCCCCCCCC/C=C\C/C=C\CCCCCCC)OC(=O)CCCCCCC/C=C\C/C=C\CCCC. The van der Waals surface area contributed by atoms with Gasteiger partial charge < -0.3 is 14.2 Å². The topological polar surface area (TPSA) is 78.9 Å². The average Bonchev–Trinajstić information content (AvgIpc) is 3.31. The summed E-state index contributed by atoms with van der Waals surface area (Å²) in [5.41, 5.74) is 0. The summed E-state index contributed by atoms with van der Waals surface area (Å²) in [5.74, 6) is -1.01. The van der Waals surface area contributed by atoms with Crippen LogP contribution in [0, 0.1) is 0 Å². The lowest BCUT2D eigenvalue weighted by Gasteiger charge is -2.18. The number of ether oxygens (including phenoxy) is 3. The molecule has 6 heteroatoms. The smallest absolute Gasteiger partial charge is 0.306 e. The van der Waals surface area contributed by atoms with Crippen LogP contribution in [-0.2, 0) is 28.6 Å². The molecule has 0 N–H and O–H groups in total. The molecular formula is C60H100O6. The highest BCUT2D eigenvalue weighted by Crippen LogP contribution is 2.14. The van der Waals surface area contributed by atoms with Crippen molar-refractivity contribution in [3.63, 3.8) is 0 Å². The first-order chi connectivity index (χ1) is 32.5. The van der Waals surface area contributed by atoms with E-state index in [9.17, 15) is 14.4 Å². The molecule has 0 radical (unpaired) electrons. The summed E-state index contributed by atoms with van der Waals surface area (Å²) in [4.78, 5) is 38.0. The molecule has 0 fully saturated rings. The molecule has 6 nitrogen and oxygen atoms in total. The highest BCUT2D eigenvalue weighted by atomic mass is 16.6. The number of hydrogen-bond acceptors (Lipinski definition) is 6. The zero-order valence-electron chi connectivity index (χ0n) is 42.9. The van der Waals surface area contributed by atoms with E-state index in [4.69, 9.17) is 14.2 Å². The molecule has 0 heterocycles. The fourth-order valence-electron chi connectivity index (χ4n) is 7.21. The highest BCUT2D eigenvalue weighted by Gasteiger charge is 2.19. The summed E-state index contributed by atoms with van der Waals surface area (Å²) in [6, 6.07) is 0. The lowest BCUT2D eigenvalue weighted by molar-refractivity contribution is -0.166. The van der Waals surface area contributed by atoms with Crippen LogP contribution >= 0.6 is 0 Å². The van der Waals surface area contributed by atoms with E-state index in [1.54, 1.807) is 0 Å². The van der Waals surface area contributed by atoms with Gasteiger partial charge in [-0.25, -0.2) is 0 Å². The predicted octanol–water partition coefficient (Wildman–Crippen LogP) is 18.1. The zero-order valence-corrected chi connectivity index (χ0v) is 42.9. The summed E-state index contributed by atoms with van der Waals surface area (Å²) in [6.07, 6.45) is 71.2. The lowest BCUT2D eigenvalue weighted by Crippen LogP contribution is -2.30. The van der Waals surface area contributed by atoms with Gasteiger partial charge in [-0.3, -0.25) is 14.4 Å². The van der Waals surface area contributed by atoms with Crippen LogP contribution in [0.2, 0.25) is 0 Å². The van der Waals surface area contributed by atoms with Gasteiger partial charge in [0.1, 0.15) is 13.2 Å². The molecule has 0 amide bonds. The Morgan fingerprint density at radius 2 is 0.636 bits per heavy atom. The molecule has 1 unspecified atom stereocenters. The van der Waals surface area contributed by atoms with Crippen molar-refractivity contribution in [3.05, 3.63) is 97.2 Å². The second-order valence-corrected chi connectivity index (χ2v) is 17.7. The minimum absolute atomic E-state index is 0.108. The predicted molar refractivity (Wildman–Crippen MR) is 284 cm³/mol. The molecule has 0 rings (SSSR count). The van der Waals surface area contributed by atoms with Gasteiger partial charge in [-0.1, -0.05) is 221 Å². The summed E-state index contributed by atoms with van der Waals surface area (Å²) < 4.78 is 16.7. The van der Waals surface area contributed by atoms with Crippen molar-refractivity contribution in [2.45, 2.75) is 252 Å². The second-order valence-electron chi connectivity index (χ2n) is 17.7. The van der Waals surface area contributed by atoms with Crippen LogP contribution in [0.3, 0.4) is 0 Å². The molecule has 0 aromatic heterocycles. The summed E-state index contributed by atoms with van der Waals surface area (Å²) in [5, 5.41) is 0. The van der Waals surface area contributed by atoms with Crippen LogP contribution in [-0.4, -0.2) is 37.2 Å². The van der Waals surface area contributed by atoms with Crippen molar-refractivity contribution < 1.29 is 28.6 Å². The van der Waals surface area contributed by atoms with Crippen LogP contribution in [0.15, 0.2) is 97.2 Å². The van der Waals surface area contributed by atoms with E-state index in [1.165, 1.54) is 103 Å². The van der Waals surface area contributed by atoms with E-state index in [1.807, 2.05) is 12.2 Å². The molecule has 0 aliphatic rings. The fraction of sp³-hybridized carbons (Fsp3) is 0.683. The van der Waals surface area contributed by atoms with Gasteiger partial charge >= 0.3 is 17.9 Å². The Hall–Kier alpha value is -3.67. The van der Waals surface area contributed by atoms with Gasteiger partial charge in [0.15, 0.2) is 6.10 Å². The van der Waals surface area contributed by atoms with Gasteiger partial charge in [0.2, 0.25) is 0 Å². The van der Waals surface area contributed by atoms with Gasteiger partial charge in [0.05, 0.1) is 0 Å². The van der Waals surface area contributed by atoms with E-state index in [0.717, 1.165) is 96.3 Å². The molecule has 1 atom stereocenters. The molecule has 66 heavy (non-hydrogen) atoms. The summed E-state index contributed by atoms with van der Waals surface area (Å²) >= 11 is 0. The van der Waals surface area contributed by atoms with Crippen molar-refractivity contribution in [1.29, 1.82) is 0 Å². The van der Waals surface area contributed by atoms with Crippen LogP contribution in [0.5, 0.6) is 0 Å². The number of carbonyl (C=O) groups excluding carboxylic acids is 3. The number of unbranched alkanes of at least 4 members (excludes halogenated alkanes) is 21. The molecule has 0 spiro atoms. The maximum Gasteiger partial charge on any atom is 0.306 e. The Kier molecular flexibility index (Phi) is 50.9.